The topological polar surface area (TPSA) is 80.9 Å². The number of hydrogen-bond donors (Lipinski definition) is 0. The fourth-order valence-corrected chi connectivity index (χ4v) is 3.47. The second-order valence-electron chi connectivity index (χ2n) is 9.85. The Hall–Kier alpha value is -3.33. The maximum Gasteiger partial charge on any atom is 0.311 e. The molecule has 0 bridgehead atoms. The molecule has 2 aromatic carbocycles. The van der Waals surface area contributed by atoms with E-state index in [2.05, 4.69) is 32.0 Å². The van der Waals surface area contributed by atoms with Crippen LogP contribution in [0.2, 0.25) is 0 Å². The van der Waals surface area contributed by atoms with E-state index < -0.39 is 12.1 Å². The molecule has 6 heteroatoms. The van der Waals surface area contributed by atoms with E-state index in [0.717, 1.165) is 0 Å². The number of hydrogen-bond acceptors (Lipinski definition) is 6. The molecule has 0 heterocycles. The van der Waals surface area contributed by atoms with E-state index >= 15 is 0 Å². The predicted octanol–water partition coefficient (Wildman–Crippen LogP) is 5.91. The smallest absolute Gasteiger partial charge is 0.311 e. The molecule has 1 unspecified atom stereocenters. The SMILES string of the molecule is CC(C)(C)CON=C[C@@H]1[C@@H](C(=O)OC(C#N)c2cccc(Oc3ccccc3)c2)C1(C)C. The van der Waals surface area contributed by atoms with Crippen molar-refractivity contribution < 1.29 is 19.1 Å². The lowest BCUT2D eigenvalue weighted by molar-refractivity contribution is -0.149. The largest absolute Gasteiger partial charge is 0.457 e. The van der Waals surface area contributed by atoms with E-state index in [0.29, 0.717) is 23.7 Å². The van der Waals surface area contributed by atoms with E-state index in [1.54, 1.807) is 30.5 Å². The fraction of sp³-hybridized carbons (Fsp3) is 0.423. The second-order valence-corrected chi connectivity index (χ2v) is 9.85. The van der Waals surface area contributed by atoms with Crippen LogP contribution in [0.15, 0.2) is 59.8 Å². The predicted molar refractivity (Wildman–Crippen MR) is 122 cm³/mol. The summed E-state index contributed by atoms with van der Waals surface area (Å²) in [6.07, 6.45) is 0.654. The van der Waals surface area contributed by atoms with Crippen LogP contribution >= 0.6 is 0 Å². The van der Waals surface area contributed by atoms with Crippen LogP contribution in [-0.2, 0) is 14.4 Å². The van der Waals surface area contributed by atoms with E-state index in [1.807, 2.05) is 44.2 Å². The Morgan fingerprint density at radius 2 is 1.84 bits per heavy atom. The molecule has 168 valence electrons. The molecule has 6 nitrogen and oxygen atoms in total. The lowest BCUT2D eigenvalue weighted by Crippen LogP contribution is -2.15. The van der Waals surface area contributed by atoms with Crippen molar-refractivity contribution in [3.05, 3.63) is 60.2 Å². The minimum Gasteiger partial charge on any atom is -0.457 e. The normalized spacial score (nSPS) is 20.2. The number of nitrogens with zero attached hydrogens (tertiary/aromatic N) is 2. The van der Waals surface area contributed by atoms with Gasteiger partial charge in [0, 0.05) is 17.7 Å². The van der Waals surface area contributed by atoms with Crippen LogP contribution in [0.3, 0.4) is 0 Å². The maximum absolute atomic E-state index is 12.8. The van der Waals surface area contributed by atoms with Crippen LogP contribution in [0.25, 0.3) is 0 Å². The van der Waals surface area contributed by atoms with Gasteiger partial charge in [0.2, 0.25) is 6.10 Å². The summed E-state index contributed by atoms with van der Waals surface area (Å²) < 4.78 is 11.4. The van der Waals surface area contributed by atoms with Gasteiger partial charge in [0.15, 0.2) is 0 Å². The van der Waals surface area contributed by atoms with Crippen molar-refractivity contribution in [2.24, 2.45) is 27.8 Å². The average Bonchev–Trinajstić information content (AvgIpc) is 3.30. The quantitative estimate of drug-likeness (QED) is 0.293. The molecule has 0 aliphatic heterocycles. The highest BCUT2D eigenvalue weighted by Crippen LogP contribution is 2.58. The number of para-hydroxylation sites is 1. The highest BCUT2D eigenvalue weighted by Gasteiger charge is 2.62. The third-order valence-electron chi connectivity index (χ3n) is 5.45. The van der Waals surface area contributed by atoms with Gasteiger partial charge in [-0.3, -0.25) is 4.79 Å². The van der Waals surface area contributed by atoms with Gasteiger partial charge in [0.05, 0.1) is 5.92 Å². The fourth-order valence-electron chi connectivity index (χ4n) is 3.47. The van der Waals surface area contributed by atoms with Crippen molar-refractivity contribution >= 4 is 12.2 Å². The summed E-state index contributed by atoms with van der Waals surface area (Å²) in [5.41, 5.74) is 0.267. The number of oxime groups is 1. The van der Waals surface area contributed by atoms with Gasteiger partial charge in [0.25, 0.3) is 0 Å². The van der Waals surface area contributed by atoms with Gasteiger partial charge in [-0.05, 0) is 35.1 Å². The molecule has 0 spiro atoms. The highest BCUT2D eigenvalue weighted by atomic mass is 16.6. The summed E-state index contributed by atoms with van der Waals surface area (Å²) in [7, 11) is 0. The Morgan fingerprint density at radius 1 is 1.16 bits per heavy atom. The molecule has 1 aliphatic rings. The average molecular weight is 435 g/mol. The third kappa shape index (κ3) is 5.88. The van der Waals surface area contributed by atoms with Crippen LogP contribution in [0, 0.1) is 34.0 Å². The lowest BCUT2D eigenvalue weighted by Gasteiger charge is -2.15. The zero-order valence-electron chi connectivity index (χ0n) is 19.2. The van der Waals surface area contributed by atoms with Gasteiger partial charge in [-0.2, -0.15) is 5.26 Å². The van der Waals surface area contributed by atoms with Crippen LogP contribution < -0.4 is 4.74 Å². The van der Waals surface area contributed by atoms with Crippen molar-refractivity contribution in [1.29, 1.82) is 5.26 Å². The van der Waals surface area contributed by atoms with Crippen molar-refractivity contribution in [3.63, 3.8) is 0 Å². The number of carbonyl (C=O) groups excluding carboxylic acids is 1. The molecule has 1 fully saturated rings. The number of esters is 1. The summed E-state index contributed by atoms with van der Waals surface area (Å²) >= 11 is 0. The zero-order chi connectivity index (χ0) is 23.4. The molecule has 0 N–H and O–H groups in total. The summed E-state index contributed by atoms with van der Waals surface area (Å²) in [4.78, 5) is 18.2. The maximum atomic E-state index is 12.8. The third-order valence-corrected chi connectivity index (χ3v) is 5.45. The summed E-state index contributed by atoms with van der Waals surface area (Å²) in [6.45, 7) is 10.6. The summed E-state index contributed by atoms with van der Waals surface area (Å²) in [5, 5.41) is 13.7. The molecule has 3 rings (SSSR count). The van der Waals surface area contributed by atoms with Crippen molar-refractivity contribution in [2.75, 3.05) is 6.61 Å². The standard InChI is InChI=1S/C26H30N2O4/c1-25(2,3)17-30-28-16-21-23(26(21,4)5)24(29)32-22(15-27)18-10-9-13-20(14-18)31-19-11-7-6-8-12-19/h6-14,16,21-23H,17H2,1-5H3/t21-,22?,23+/m1/s1. The van der Waals surface area contributed by atoms with Gasteiger partial charge in [-0.1, -0.05) is 70.1 Å². The Bertz CT molecular complexity index is 1000. The van der Waals surface area contributed by atoms with Crippen LogP contribution in [0.4, 0.5) is 0 Å². The van der Waals surface area contributed by atoms with Crippen molar-refractivity contribution in [2.45, 2.75) is 40.7 Å². The van der Waals surface area contributed by atoms with Gasteiger partial charge >= 0.3 is 5.97 Å². The molecule has 1 saturated carbocycles. The molecule has 32 heavy (non-hydrogen) atoms. The van der Waals surface area contributed by atoms with E-state index in [4.69, 9.17) is 14.3 Å². The lowest BCUT2D eigenvalue weighted by atomic mass is 9.99. The molecule has 0 amide bonds. The van der Waals surface area contributed by atoms with Crippen LogP contribution in [-0.4, -0.2) is 18.8 Å². The second kappa shape index (κ2) is 9.44. The van der Waals surface area contributed by atoms with Gasteiger partial charge in [0.1, 0.15) is 24.2 Å². The number of benzene rings is 2. The Kier molecular flexibility index (Phi) is 6.88. The molecule has 0 aromatic heterocycles. The first kappa shape index (κ1) is 23.3. The Morgan fingerprint density at radius 3 is 2.50 bits per heavy atom. The molecule has 2 aromatic rings. The summed E-state index contributed by atoms with van der Waals surface area (Å²) in [6, 6.07) is 18.5. The minimum absolute atomic E-state index is 0.00746. The van der Waals surface area contributed by atoms with Gasteiger partial charge in [-0.15, -0.1) is 0 Å². The zero-order valence-corrected chi connectivity index (χ0v) is 19.2. The number of ether oxygens (including phenoxy) is 2. The minimum atomic E-state index is -1.02. The molecule has 3 atom stereocenters. The van der Waals surface area contributed by atoms with Crippen LogP contribution in [0.5, 0.6) is 11.5 Å². The molecule has 0 radical (unpaired) electrons. The molecular weight excluding hydrogens is 404 g/mol. The van der Waals surface area contributed by atoms with Crippen molar-refractivity contribution in [1.82, 2.24) is 0 Å². The molecule has 1 aliphatic carbocycles. The molecule has 0 saturated heterocycles. The molecular formula is C26H30N2O4. The first-order valence-electron chi connectivity index (χ1n) is 10.7. The van der Waals surface area contributed by atoms with E-state index in [-0.39, 0.29) is 22.7 Å². The van der Waals surface area contributed by atoms with Crippen molar-refractivity contribution in [3.8, 4) is 17.6 Å². The summed E-state index contributed by atoms with van der Waals surface area (Å²) in [5.74, 6) is 0.373. The number of carbonyl (C=O) groups is 1. The van der Waals surface area contributed by atoms with E-state index in [1.165, 1.54) is 0 Å². The Labute approximate surface area is 189 Å². The Balaban J connectivity index is 1.63. The number of nitriles is 1. The first-order chi connectivity index (χ1) is 15.1. The first-order valence-corrected chi connectivity index (χ1v) is 10.7. The van der Waals surface area contributed by atoms with Gasteiger partial charge < -0.3 is 14.3 Å². The van der Waals surface area contributed by atoms with Crippen LogP contribution in [0.1, 0.15) is 46.3 Å². The monoisotopic (exact) mass is 434 g/mol. The highest BCUT2D eigenvalue weighted by molar-refractivity contribution is 5.85. The number of rotatable bonds is 8. The van der Waals surface area contributed by atoms with Gasteiger partial charge in [-0.25, -0.2) is 0 Å². The van der Waals surface area contributed by atoms with E-state index in [9.17, 15) is 10.1 Å².